The van der Waals surface area contributed by atoms with E-state index >= 15 is 0 Å². The molecule has 1 aromatic heterocycles. The Morgan fingerprint density at radius 3 is 2.61 bits per heavy atom. The van der Waals surface area contributed by atoms with Crippen molar-refractivity contribution in [3.63, 3.8) is 0 Å². The van der Waals surface area contributed by atoms with Crippen molar-refractivity contribution in [2.75, 3.05) is 21.3 Å². The van der Waals surface area contributed by atoms with Crippen LogP contribution in [0.15, 0.2) is 42.7 Å². The predicted molar refractivity (Wildman–Crippen MR) is 88.9 cm³/mol. The first-order valence-electron chi connectivity index (χ1n) is 7.06. The van der Waals surface area contributed by atoms with Crippen LogP contribution in [0.1, 0.15) is 16.5 Å². The van der Waals surface area contributed by atoms with E-state index in [2.05, 4.69) is 4.98 Å². The number of hydrogen-bond donors (Lipinski definition) is 0. The van der Waals surface area contributed by atoms with Crippen molar-refractivity contribution in [1.29, 1.82) is 0 Å². The zero-order valence-corrected chi connectivity index (χ0v) is 14.1. The highest BCUT2D eigenvalue weighted by Gasteiger charge is 2.23. The molecule has 122 valence electrons. The van der Waals surface area contributed by atoms with Crippen molar-refractivity contribution < 1.29 is 14.3 Å². The number of pyridine rings is 1. The molecule has 2 aromatic rings. The number of methoxy groups -OCH3 is 2. The van der Waals surface area contributed by atoms with Gasteiger partial charge in [-0.3, -0.25) is 9.78 Å². The quantitative estimate of drug-likeness (QED) is 0.762. The summed E-state index contributed by atoms with van der Waals surface area (Å²) in [6, 6.07) is 8.95. The summed E-state index contributed by atoms with van der Waals surface area (Å²) in [6.45, 7) is 0.448. The van der Waals surface area contributed by atoms with E-state index in [1.807, 2.05) is 12.1 Å². The molecule has 0 aliphatic heterocycles. The van der Waals surface area contributed by atoms with E-state index in [0.29, 0.717) is 23.6 Å². The number of carbonyl (C=O) groups is 1. The van der Waals surface area contributed by atoms with Gasteiger partial charge < -0.3 is 14.4 Å². The third-order valence-electron chi connectivity index (χ3n) is 3.44. The number of aromatic nitrogens is 1. The Morgan fingerprint density at radius 1 is 1.26 bits per heavy atom. The minimum atomic E-state index is -0.795. The van der Waals surface area contributed by atoms with Gasteiger partial charge in [0.2, 0.25) is 5.91 Å². The zero-order chi connectivity index (χ0) is 16.8. The summed E-state index contributed by atoms with van der Waals surface area (Å²) < 4.78 is 10.4. The number of alkyl halides is 1. The van der Waals surface area contributed by atoms with Crippen LogP contribution in [0.3, 0.4) is 0 Å². The van der Waals surface area contributed by atoms with Crippen LogP contribution in [0.25, 0.3) is 0 Å². The normalized spacial score (nSPS) is 11.7. The van der Waals surface area contributed by atoms with E-state index in [1.165, 1.54) is 0 Å². The lowest BCUT2D eigenvalue weighted by atomic mass is 10.1. The lowest BCUT2D eigenvalue weighted by molar-refractivity contribution is -0.130. The van der Waals surface area contributed by atoms with Crippen molar-refractivity contribution in [1.82, 2.24) is 9.88 Å². The maximum atomic E-state index is 12.5. The van der Waals surface area contributed by atoms with Crippen molar-refractivity contribution in [2.45, 2.75) is 11.9 Å². The summed E-state index contributed by atoms with van der Waals surface area (Å²) in [5.41, 5.74) is 1.60. The van der Waals surface area contributed by atoms with Gasteiger partial charge in [-0.05, 0) is 29.3 Å². The molecular weight excluding hydrogens is 316 g/mol. The average Bonchev–Trinajstić information content (AvgIpc) is 2.60. The van der Waals surface area contributed by atoms with Gasteiger partial charge >= 0.3 is 0 Å². The summed E-state index contributed by atoms with van der Waals surface area (Å²) in [7, 11) is 4.81. The summed E-state index contributed by atoms with van der Waals surface area (Å²) >= 11 is 6.34. The molecule has 2 rings (SSSR count). The number of carbonyl (C=O) groups excluding carboxylic acids is 1. The van der Waals surface area contributed by atoms with Gasteiger partial charge in [0.15, 0.2) is 11.5 Å². The fourth-order valence-corrected chi connectivity index (χ4v) is 2.49. The van der Waals surface area contributed by atoms with Crippen LogP contribution in [-0.4, -0.2) is 37.1 Å². The highest BCUT2D eigenvalue weighted by atomic mass is 35.5. The molecule has 0 saturated heterocycles. The van der Waals surface area contributed by atoms with Gasteiger partial charge in [-0.1, -0.05) is 12.1 Å². The summed E-state index contributed by atoms with van der Waals surface area (Å²) in [5.74, 6) is 0.942. The third kappa shape index (κ3) is 4.13. The van der Waals surface area contributed by atoms with Crippen molar-refractivity contribution in [2.24, 2.45) is 0 Å². The van der Waals surface area contributed by atoms with Crippen LogP contribution < -0.4 is 9.47 Å². The number of hydrogen-bond acceptors (Lipinski definition) is 4. The van der Waals surface area contributed by atoms with Crippen LogP contribution in [0.2, 0.25) is 0 Å². The molecule has 1 amide bonds. The van der Waals surface area contributed by atoms with Crippen LogP contribution in [0.5, 0.6) is 11.5 Å². The summed E-state index contributed by atoms with van der Waals surface area (Å²) in [6.07, 6.45) is 3.42. The fraction of sp³-hybridized carbons (Fsp3) is 0.294. The van der Waals surface area contributed by atoms with Crippen LogP contribution >= 0.6 is 11.6 Å². The Bertz CT molecular complexity index is 664. The summed E-state index contributed by atoms with van der Waals surface area (Å²) in [4.78, 5) is 18.1. The second kappa shape index (κ2) is 7.83. The van der Waals surface area contributed by atoms with Crippen LogP contribution in [0, 0.1) is 0 Å². The Balaban J connectivity index is 2.12. The molecule has 0 fully saturated rings. The number of nitrogens with zero attached hydrogens (tertiary/aromatic N) is 2. The molecular formula is C17H19ClN2O3. The number of rotatable bonds is 6. The minimum Gasteiger partial charge on any atom is -0.493 e. The van der Waals surface area contributed by atoms with Crippen LogP contribution in [0.4, 0.5) is 0 Å². The predicted octanol–water partition coefficient (Wildman–Crippen LogP) is 3.04. The molecule has 0 spiro atoms. The Morgan fingerprint density at radius 2 is 2.00 bits per heavy atom. The van der Waals surface area contributed by atoms with Crippen LogP contribution in [-0.2, 0) is 11.3 Å². The summed E-state index contributed by atoms with van der Waals surface area (Å²) in [5, 5.41) is -0.795. The van der Waals surface area contributed by atoms with Gasteiger partial charge in [-0.2, -0.15) is 0 Å². The first-order chi connectivity index (χ1) is 11.1. The molecule has 1 aromatic carbocycles. The molecule has 1 atom stereocenters. The molecule has 23 heavy (non-hydrogen) atoms. The van der Waals surface area contributed by atoms with Crippen molar-refractivity contribution >= 4 is 17.5 Å². The number of ether oxygens (including phenoxy) is 2. The molecule has 6 heteroatoms. The molecule has 0 aliphatic rings. The lowest BCUT2D eigenvalue weighted by Gasteiger charge is -2.21. The van der Waals surface area contributed by atoms with Gasteiger partial charge in [0.25, 0.3) is 0 Å². The van der Waals surface area contributed by atoms with E-state index < -0.39 is 5.38 Å². The van der Waals surface area contributed by atoms with E-state index in [4.69, 9.17) is 21.1 Å². The molecule has 1 heterocycles. The average molecular weight is 335 g/mol. The fourth-order valence-electron chi connectivity index (χ4n) is 2.19. The Hall–Kier alpha value is -2.27. The Labute approximate surface area is 140 Å². The maximum absolute atomic E-state index is 12.5. The van der Waals surface area contributed by atoms with E-state index in [-0.39, 0.29) is 5.91 Å². The minimum absolute atomic E-state index is 0.192. The lowest BCUT2D eigenvalue weighted by Crippen LogP contribution is -2.29. The number of halogens is 1. The number of amides is 1. The van der Waals surface area contributed by atoms with E-state index in [1.54, 1.807) is 56.8 Å². The highest BCUT2D eigenvalue weighted by molar-refractivity contribution is 6.30. The van der Waals surface area contributed by atoms with Gasteiger partial charge in [0.1, 0.15) is 5.38 Å². The molecule has 1 unspecified atom stereocenters. The van der Waals surface area contributed by atoms with E-state index in [9.17, 15) is 4.79 Å². The molecule has 0 radical (unpaired) electrons. The number of likely N-dealkylation sites (N-methyl/N-ethyl adjacent to an activating group) is 1. The smallest absolute Gasteiger partial charge is 0.245 e. The molecule has 5 nitrogen and oxygen atoms in total. The maximum Gasteiger partial charge on any atom is 0.245 e. The number of benzene rings is 1. The molecule has 0 saturated carbocycles. The third-order valence-corrected chi connectivity index (χ3v) is 3.87. The SMILES string of the molecule is COc1ccc(C(Cl)C(=O)N(C)Cc2cccnc2)cc1OC. The van der Waals surface area contributed by atoms with Gasteiger partial charge in [0.05, 0.1) is 14.2 Å². The first kappa shape index (κ1) is 17.1. The molecule has 0 aliphatic carbocycles. The second-order valence-corrected chi connectivity index (χ2v) is 5.47. The van der Waals surface area contributed by atoms with Crippen molar-refractivity contribution in [3.8, 4) is 11.5 Å². The topological polar surface area (TPSA) is 51.7 Å². The van der Waals surface area contributed by atoms with Gasteiger partial charge in [0, 0.05) is 26.0 Å². The highest BCUT2D eigenvalue weighted by Crippen LogP contribution is 2.32. The Kier molecular flexibility index (Phi) is 5.82. The van der Waals surface area contributed by atoms with Gasteiger partial charge in [-0.15, -0.1) is 11.6 Å². The largest absolute Gasteiger partial charge is 0.493 e. The zero-order valence-electron chi connectivity index (χ0n) is 13.3. The van der Waals surface area contributed by atoms with Crippen molar-refractivity contribution in [3.05, 3.63) is 53.9 Å². The first-order valence-corrected chi connectivity index (χ1v) is 7.50. The molecule has 0 bridgehead atoms. The standard InChI is InChI=1S/C17H19ClN2O3/c1-20(11-12-5-4-8-19-10-12)17(21)16(18)13-6-7-14(22-2)15(9-13)23-3/h4-10,16H,11H2,1-3H3. The molecule has 0 N–H and O–H groups in total. The monoisotopic (exact) mass is 334 g/mol. The van der Waals surface area contributed by atoms with E-state index in [0.717, 1.165) is 5.56 Å². The van der Waals surface area contributed by atoms with Gasteiger partial charge in [-0.25, -0.2) is 0 Å². The second-order valence-electron chi connectivity index (χ2n) is 5.03.